The maximum absolute atomic E-state index is 13.5. The van der Waals surface area contributed by atoms with Crippen molar-refractivity contribution < 1.29 is 27.0 Å². The molecule has 1 aromatic carbocycles. The molecular weight excluding hydrogens is 482 g/mol. The summed E-state index contributed by atoms with van der Waals surface area (Å²) in [6.45, 7) is 4.34. The molecule has 1 aliphatic rings. The SMILES string of the molecule is CCN(C)c1nc(Nc2ccc(F)cc2)c2c(n1)c(CN1CCOCC1)nn2CCOCC(F)(F)F. The number of hydrogen-bond acceptors (Lipinski definition) is 8. The summed E-state index contributed by atoms with van der Waals surface area (Å²) in [4.78, 5) is 13.5. The van der Waals surface area contributed by atoms with Gasteiger partial charge in [-0.25, -0.2) is 9.37 Å². The molecule has 2 aromatic heterocycles. The van der Waals surface area contributed by atoms with E-state index < -0.39 is 12.8 Å². The van der Waals surface area contributed by atoms with Gasteiger partial charge < -0.3 is 19.7 Å². The van der Waals surface area contributed by atoms with Gasteiger partial charge in [-0.2, -0.15) is 23.3 Å². The number of alkyl halides is 3. The quantitative estimate of drug-likeness (QED) is 0.327. The Balaban J connectivity index is 1.74. The molecule has 1 saturated heterocycles. The van der Waals surface area contributed by atoms with Crippen molar-refractivity contribution in [1.29, 1.82) is 0 Å². The van der Waals surface area contributed by atoms with Crippen LogP contribution in [0.25, 0.3) is 11.0 Å². The van der Waals surface area contributed by atoms with E-state index >= 15 is 0 Å². The Morgan fingerprint density at radius 1 is 1.14 bits per heavy atom. The van der Waals surface area contributed by atoms with Crippen LogP contribution in [0.15, 0.2) is 24.3 Å². The molecule has 1 fully saturated rings. The zero-order valence-corrected chi connectivity index (χ0v) is 20.2. The second kappa shape index (κ2) is 11.4. The Morgan fingerprint density at radius 3 is 2.53 bits per heavy atom. The summed E-state index contributed by atoms with van der Waals surface area (Å²) < 4.78 is 63.0. The number of nitrogens with one attached hydrogen (secondary N) is 1. The summed E-state index contributed by atoms with van der Waals surface area (Å²) in [5, 5.41) is 7.92. The van der Waals surface area contributed by atoms with Crippen LogP contribution in [0.2, 0.25) is 0 Å². The number of hydrogen-bond donors (Lipinski definition) is 1. The zero-order valence-electron chi connectivity index (χ0n) is 20.2. The standard InChI is InChI=1S/C23H29F4N7O2/c1-3-32(2)22-29-19-18(14-33-8-11-35-12-9-33)31-34(10-13-36-15-23(25,26)27)20(19)21(30-22)28-17-6-4-16(24)5-7-17/h4-7H,3,8-15H2,1-2H3,(H,28,29,30). The molecule has 0 atom stereocenters. The van der Waals surface area contributed by atoms with Gasteiger partial charge in [-0.05, 0) is 31.2 Å². The Labute approximate surface area is 206 Å². The van der Waals surface area contributed by atoms with E-state index in [1.807, 2.05) is 18.9 Å². The zero-order chi connectivity index (χ0) is 25.7. The fourth-order valence-electron chi connectivity index (χ4n) is 3.78. The predicted molar refractivity (Wildman–Crippen MR) is 127 cm³/mol. The Bertz CT molecular complexity index is 1150. The number of halogens is 4. The molecule has 0 unspecified atom stereocenters. The number of benzene rings is 1. The lowest BCUT2D eigenvalue weighted by Crippen LogP contribution is -2.35. The highest BCUT2D eigenvalue weighted by Crippen LogP contribution is 2.29. The largest absolute Gasteiger partial charge is 0.411 e. The first-order chi connectivity index (χ1) is 17.2. The fraction of sp³-hybridized carbons (Fsp3) is 0.522. The minimum atomic E-state index is -4.41. The van der Waals surface area contributed by atoms with Crippen molar-refractivity contribution in [3.8, 4) is 0 Å². The van der Waals surface area contributed by atoms with Gasteiger partial charge in [0.15, 0.2) is 5.82 Å². The molecular formula is C23H29F4N7O2. The fourth-order valence-corrected chi connectivity index (χ4v) is 3.78. The molecule has 13 heteroatoms. The summed E-state index contributed by atoms with van der Waals surface area (Å²) in [6, 6.07) is 5.81. The van der Waals surface area contributed by atoms with Gasteiger partial charge in [0.05, 0.1) is 26.4 Å². The number of anilines is 3. The topological polar surface area (TPSA) is 80.6 Å². The lowest BCUT2D eigenvalue weighted by atomic mass is 10.2. The van der Waals surface area contributed by atoms with Crippen molar-refractivity contribution in [2.24, 2.45) is 0 Å². The van der Waals surface area contributed by atoms with E-state index in [0.29, 0.717) is 60.5 Å². The average Bonchev–Trinajstić information content (AvgIpc) is 3.20. The number of morpholine rings is 1. The van der Waals surface area contributed by atoms with Crippen LogP contribution in [0.4, 0.5) is 35.0 Å². The van der Waals surface area contributed by atoms with E-state index in [1.165, 1.54) is 12.1 Å². The first kappa shape index (κ1) is 26.0. The molecule has 0 spiro atoms. The lowest BCUT2D eigenvalue weighted by molar-refractivity contribution is -0.174. The average molecular weight is 512 g/mol. The molecule has 196 valence electrons. The highest BCUT2D eigenvalue weighted by atomic mass is 19.4. The molecule has 4 rings (SSSR count). The number of ether oxygens (including phenoxy) is 2. The molecule has 1 N–H and O–H groups in total. The van der Waals surface area contributed by atoms with E-state index in [9.17, 15) is 17.6 Å². The normalized spacial score (nSPS) is 14.9. The van der Waals surface area contributed by atoms with Crippen LogP contribution >= 0.6 is 0 Å². The van der Waals surface area contributed by atoms with E-state index in [0.717, 1.165) is 13.1 Å². The van der Waals surface area contributed by atoms with Crippen molar-refractivity contribution in [2.45, 2.75) is 26.2 Å². The van der Waals surface area contributed by atoms with Crippen molar-refractivity contribution in [3.05, 3.63) is 35.8 Å². The smallest absolute Gasteiger partial charge is 0.379 e. The first-order valence-corrected chi connectivity index (χ1v) is 11.7. The van der Waals surface area contributed by atoms with Gasteiger partial charge in [-0.3, -0.25) is 9.58 Å². The number of aromatic nitrogens is 4. The number of nitrogens with zero attached hydrogens (tertiary/aromatic N) is 6. The third-order valence-electron chi connectivity index (χ3n) is 5.76. The molecule has 3 aromatic rings. The van der Waals surface area contributed by atoms with Crippen LogP contribution in [0.5, 0.6) is 0 Å². The summed E-state index contributed by atoms with van der Waals surface area (Å²) in [6.07, 6.45) is -4.41. The van der Waals surface area contributed by atoms with Crippen LogP contribution in [-0.2, 0) is 22.6 Å². The molecule has 0 aliphatic carbocycles. The van der Waals surface area contributed by atoms with E-state index in [2.05, 4.69) is 15.2 Å². The van der Waals surface area contributed by atoms with Crippen LogP contribution in [0.3, 0.4) is 0 Å². The van der Waals surface area contributed by atoms with Gasteiger partial charge in [0, 0.05) is 38.9 Å². The molecule has 0 amide bonds. The van der Waals surface area contributed by atoms with Gasteiger partial charge in [-0.1, -0.05) is 0 Å². The Kier molecular flexibility index (Phi) is 8.21. The number of fused-ring (bicyclic) bond motifs is 1. The highest BCUT2D eigenvalue weighted by Gasteiger charge is 2.28. The van der Waals surface area contributed by atoms with Gasteiger partial charge in [-0.15, -0.1) is 0 Å². The minimum absolute atomic E-state index is 0.0696. The molecule has 0 saturated carbocycles. The van der Waals surface area contributed by atoms with Gasteiger partial charge >= 0.3 is 6.18 Å². The van der Waals surface area contributed by atoms with Crippen molar-refractivity contribution >= 4 is 28.5 Å². The van der Waals surface area contributed by atoms with Crippen LogP contribution < -0.4 is 10.2 Å². The van der Waals surface area contributed by atoms with Crippen molar-refractivity contribution in [3.63, 3.8) is 0 Å². The van der Waals surface area contributed by atoms with E-state index in [4.69, 9.17) is 19.6 Å². The van der Waals surface area contributed by atoms with Crippen LogP contribution in [0.1, 0.15) is 12.6 Å². The minimum Gasteiger partial charge on any atom is -0.379 e. The van der Waals surface area contributed by atoms with Gasteiger partial charge in [0.25, 0.3) is 0 Å². The van der Waals surface area contributed by atoms with E-state index in [-0.39, 0.29) is 19.0 Å². The van der Waals surface area contributed by atoms with E-state index in [1.54, 1.807) is 16.8 Å². The molecule has 9 nitrogen and oxygen atoms in total. The van der Waals surface area contributed by atoms with Crippen LogP contribution in [-0.4, -0.2) is 83.9 Å². The summed E-state index contributed by atoms with van der Waals surface area (Å²) in [5.74, 6) is 0.503. The van der Waals surface area contributed by atoms with Crippen LogP contribution in [0, 0.1) is 5.82 Å². The lowest BCUT2D eigenvalue weighted by Gasteiger charge is -2.25. The second-order valence-corrected chi connectivity index (χ2v) is 8.44. The second-order valence-electron chi connectivity index (χ2n) is 8.44. The molecule has 36 heavy (non-hydrogen) atoms. The molecule has 3 heterocycles. The summed E-state index contributed by atoms with van der Waals surface area (Å²) >= 11 is 0. The summed E-state index contributed by atoms with van der Waals surface area (Å²) in [5.41, 5.74) is 2.40. The monoisotopic (exact) mass is 511 g/mol. The Morgan fingerprint density at radius 2 is 1.86 bits per heavy atom. The molecule has 0 radical (unpaired) electrons. The summed E-state index contributed by atoms with van der Waals surface area (Å²) in [7, 11) is 1.86. The maximum atomic E-state index is 13.5. The number of rotatable bonds is 10. The van der Waals surface area contributed by atoms with Crippen molar-refractivity contribution in [1.82, 2.24) is 24.6 Å². The predicted octanol–water partition coefficient (Wildman–Crippen LogP) is 3.58. The van der Waals surface area contributed by atoms with Gasteiger partial charge in [0.1, 0.15) is 29.2 Å². The Hall–Kier alpha value is -3.03. The third kappa shape index (κ3) is 6.59. The molecule has 0 bridgehead atoms. The van der Waals surface area contributed by atoms with Crippen molar-refractivity contribution in [2.75, 3.05) is 63.3 Å². The highest BCUT2D eigenvalue weighted by molar-refractivity contribution is 5.90. The first-order valence-electron chi connectivity index (χ1n) is 11.7. The van der Waals surface area contributed by atoms with Gasteiger partial charge in [0.2, 0.25) is 5.95 Å². The third-order valence-corrected chi connectivity index (χ3v) is 5.76. The molecule has 1 aliphatic heterocycles. The maximum Gasteiger partial charge on any atom is 0.411 e.